The highest BCUT2D eigenvalue weighted by Gasteiger charge is 2.40. The molecule has 1 aliphatic heterocycles. The molecule has 0 spiro atoms. The van der Waals surface area contributed by atoms with Crippen LogP contribution in [0.5, 0.6) is 0 Å². The summed E-state index contributed by atoms with van der Waals surface area (Å²) in [6, 6.07) is 30.8. The van der Waals surface area contributed by atoms with Crippen molar-refractivity contribution >= 4 is 0 Å². The minimum Gasteiger partial charge on any atom is -0.390 e. The van der Waals surface area contributed by atoms with E-state index in [0.717, 1.165) is 16.7 Å². The van der Waals surface area contributed by atoms with Crippen LogP contribution in [0.25, 0.3) is 0 Å². The molecule has 4 rings (SSSR count). The zero-order valence-electron chi connectivity index (χ0n) is 16.1. The Morgan fingerprint density at radius 2 is 1.25 bits per heavy atom. The fourth-order valence-corrected chi connectivity index (χ4v) is 3.96. The first-order valence-electron chi connectivity index (χ1n) is 9.82. The molecule has 3 heteroatoms. The van der Waals surface area contributed by atoms with Gasteiger partial charge < -0.3 is 14.6 Å². The van der Waals surface area contributed by atoms with Crippen molar-refractivity contribution in [3.8, 4) is 0 Å². The molecule has 144 valence electrons. The number of benzene rings is 3. The molecule has 28 heavy (non-hydrogen) atoms. The summed E-state index contributed by atoms with van der Waals surface area (Å²) in [5.41, 5.74) is 2.37. The maximum atomic E-state index is 10.5. The summed E-state index contributed by atoms with van der Waals surface area (Å²) in [7, 11) is 0. The van der Waals surface area contributed by atoms with Crippen LogP contribution >= 0.6 is 0 Å². The monoisotopic (exact) mass is 374 g/mol. The molecule has 0 amide bonds. The van der Waals surface area contributed by atoms with Gasteiger partial charge in [0.1, 0.15) is 11.7 Å². The molecule has 3 atom stereocenters. The van der Waals surface area contributed by atoms with E-state index in [4.69, 9.17) is 9.47 Å². The predicted molar refractivity (Wildman–Crippen MR) is 110 cm³/mol. The van der Waals surface area contributed by atoms with E-state index >= 15 is 0 Å². The van der Waals surface area contributed by atoms with E-state index in [1.165, 1.54) is 0 Å². The highest BCUT2D eigenvalue weighted by atomic mass is 16.6. The van der Waals surface area contributed by atoms with Crippen molar-refractivity contribution in [1.29, 1.82) is 0 Å². The average Bonchev–Trinajstić information content (AvgIpc) is 3.09. The average molecular weight is 374 g/mol. The third kappa shape index (κ3) is 3.49. The second kappa shape index (κ2) is 8.27. The van der Waals surface area contributed by atoms with Crippen LogP contribution in [0.2, 0.25) is 0 Å². The van der Waals surface area contributed by atoms with Crippen LogP contribution in [-0.2, 0) is 15.1 Å². The van der Waals surface area contributed by atoms with E-state index in [0.29, 0.717) is 13.2 Å². The summed E-state index contributed by atoms with van der Waals surface area (Å²) in [5, 5.41) is 10.5. The van der Waals surface area contributed by atoms with Crippen LogP contribution in [0, 0.1) is 5.92 Å². The van der Waals surface area contributed by atoms with Crippen LogP contribution < -0.4 is 0 Å². The van der Waals surface area contributed by atoms with Gasteiger partial charge in [0, 0.05) is 5.92 Å². The van der Waals surface area contributed by atoms with Gasteiger partial charge in [-0.15, -0.1) is 0 Å². The molecule has 1 fully saturated rings. The first-order chi connectivity index (χ1) is 13.7. The summed E-state index contributed by atoms with van der Waals surface area (Å²) in [6.07, 6.45) is -0.842. The Labute approximate surface area is 166 Å². The van der Waals surface area contributed by atoms with Crippen molar-refractivity contribution < 1.29 is 14.6 Å². The zero-order chi connectivity index (χ0) is 19.4. The SMILES string of the molecule is C[C@@H]1CO[C@H](COC(c2ccccc2)(c2ccccc2)c2ccccc2)[C@@H]1O. The van der Waals surface area contributed by atoms with E-state index in [1.54, 1.807) is 0 Å². The molecule has 1 N–H and O–H groups in total. The molecule has 3 aromatic rings. The van der Waals surface area contributed by atoms with Crippen molar-refractivity contribution in [3.63, 3.8) is 0 Å². The van der Waals surface area contributed by atoms with Gasteiger partial charge in [0.05, 0.1) is 19.3 Å². The Kier molecular flexibility index (Phi) is 5.58. The highest BCUT2D eigenvalue weighted by Crippen LogP contribution is 2.41. The molecular formula is C25H26O3. The van der Waals surface area contributed by atoms with Gasteiger partial charge in [-0.2, -0.15) is 0 Å². The molecule has 1 heterocycles. The highest BCUT2D eigenvalue weighted by molar-refractivity contribution is 5.47. The van der Waals surface area contributed by atoms with E-state index in [1.807, 2.05) is 61.5 Å². The number of aliphatic hydroxyl groups is 1. The number of hydrogen-bond donors (Lipinski definition) is 1. The van der Waals surface area contributed by atoms with Crippen molar-refractivity contribution in [3.05, 3.63) is 108 Å². The lowest BCUT2D eigenvalue weighted by atomic mass is 9.80. The minimum absolute atomic E-state index is 0.119. The van der Waals surface area contributed by atoms with Crippen molar-refractivity contribution in [1.82, 2.24) is 0 Å². The smallest absolute Gasteiger partial charge is 0.143 e. The Balaban J connectivity index is 1.81. The van der Waals surface area contributed by atoms with E-state index < -0.39 is 11.7 Å². The molecule has 1 aliphatic rings. The van der Waals surface area contributed by atoms with Gasteiger partial charge in [-0.1, -0.05) is 97.9 Å². The Morgan fingerprint density at radius 1 is 0.821 bits per heavy atom. The van der Waals surface area contributed by atoms with E-state index in [-0.39, 0.29) is 12.0 Å². The predicted octanol–water partition coefficient (Wildman–Crippen LogP) is 4.39. The maximum absolute atomic E-state index is 10.5. The first kappa shape index (κ1) is 18.9. The topological polar surface area (TPSA) is 38.7 Å². The summed E-state index contributed by atoms with van der Waals surface area (Å²) < 4.78 is 12.5. The van der Waals surface area contributed by atoms with Crippen LogP contribution in [0.15, 0.2) is 91.0 Å². The van der Waals surface area contributed by atoms with Crippen LogP contribution in [0.3, 0.4) is 0 Å². The largest absolute Gasteiger partial charge is 0.390 e. The van der Waals surface area contributed by atoms with Gasteiger partial charge in [0.15, 0.2) is 0 Å². The van der Waals surface area contributed by atoms with Gasteiger partial charge >= 0.3 is 0 Å². The van der Waals surface area contributed by atoms with Crippen molar-refractivity contribution in [2.75, 3.05) is 13.2 Å². The zero-order valence-corrected chi connectivity index (χ0v) is 16.1. The van der Waals surface area contributed by atoms with E-state index in [9.17, 15) is 5.11 Å². The minimum atomic E-state index is -0.779. The van der Waals surface area contributed by atoms with Crippen LogP contribution in [-0.4, -0.2) is 30.5 Å². The molecule has 0 bridgehead atoms. The Morgan fingerprint density at radius 3 is 1.61 bits per heavy atom. The van der Waals surface area contributed by atoms with E-state index in [2.05, 4.69) is 36.4 Å². The maximum Gasteiger partial charge on any atom is 0.143 e. The van der Waals surface area contributed by atoms with Crippen LogP contribution in [0.4, 0.5) is 0 Å². The van der Waals surface area contributed by atoms with Gasteiger partial charge in [-0.25, -0.2) is 0 Å². The summed E-state index contributed by atoms with van der Waals surface area (Å²) in [4.78, 5) is 0. The number of aliphatic hydroxyl groups excluding tert-OH is 1. The van der Waals surface area contributed by atoms with Crippen molar-refractivity contribution in [2.45, 2.75) is 24.7 Å². The number of hydrogen-bond acceptors (Lipinski definition) is 3. The molecule has 1 saturated heterocycles. The second-order valence-electron chi connectivity index (χ2n) is 7.43. The Hall–Kier alpha value is -2.46. The van der Waals surface area contributed by atoms with Gasteiger partial charge in [-0.3, -0.25) is 0 Å². The molecule has 3 nitrogen and oxygen atoms in total. The molecular weight excluding hydrogens is 348 g/mol. The Bertz CT molecular complexity index is 767. The fraction of sp³-hybridized carbons (Fsp3) is 0.280. The molecule has 3 aromatic carbocycles. The van der Waals surface area contributed by atoms with Gasteiger partial charge in [0.25, 0.3) is 0 Å². The van der Waals surface area contributed by atoms with Gasteiger partial charge in [0.2, 0.25) is 0 Å². The van der Waals surface area contributed by atoms with Crippen LogP contribution in [0.1, 0.15) is 23.6 Å². The van der Waals surface area contributed by atoms with Gasteiger partial charge in [-0.05, 0) is 16.7 Å². The lowest BCUT2D eigenvalue weighted by Crippen LogP contribution is -2.38. The number of rotatable bonds is 6. The summed E-state index contributed by atoms with van der Waals surface area (Å²) in [6.45, 7) is 2.87. The quantitative estimate of drug-likeness (QED) is 0.651. The van der Waals surface area contributed by atoms with Crippen molar-refractivity contribution in [2.24, 2.45) is 5.92 Å². The number of ether oxygens (including phenoxy) is 2. The first-order valence-corrected chi connectivity index (χ1v) is 9.82. The lowest BCUT2D eigenvalue weighted by Gasteiger charge is -2.37. The molecule has 0 radical (unpaired) electrons. The molecule has 0 aromatic heterocycles. The standard InChI is InChI=1S/C25H26O3/c1-19-17-27-23(24(19)26)18-28-25(20-11-5-2-6-12-20,21-13-7-3-8-14-21)22-15-9-4-10-16-22/h2-16,19,23-24,26H,17-18H2,1H3/t19-,23-,24-/m1/s1. The fourth-order valence-electron chi connectivity index (χ4n) is 3.96. The molecule has 0 aliphatic carbocycles. The third-order valence-electron chi connectivity index (χ3n) is 5.54. The molecule has 0 unspecified atom stereocenters. The second-order valence-corrected chi connectivity index (χ2v) is 7.43. The normalized spacial score (nSPS) is 22.3. The summed E-state index contributed by atoms with van der Waals surface area (Å²) in [5.74, 6) is 0.119. The third-order valence-corrected chi connectivity index (χ3v) is 5.54. The molecule has 0 saturated carbocycles. The lowest BCUT2D eigenvalue weighted by molar-refractivity contribution is -0.0705. The summed E-state index contributed by atoms with van der Waals surface area (Å²) >= 11 is 0.